The Morgan fingerprint density at radius 3 is 2.50 bits per heavy atom. The van der Waals surface area contributed by atoms with Gasteiger partial charge in [-0.05, 0) is 29.8 Å². The number of imide groups is 1. The summed E-state index contributed by atoms with van der Waals surface area (Å²) in [4.78, 5) is 26.7. The largest absolute Gasteiger partial charge is 0.497 e. The molecular formula is C18H15ClN4O3. The molecule has 0 aromatic heterocycles. The van der Waals surface area contributed by atoms with Gasteiger partial charge < -0.3 is 4.74 Å². The Kier molecular flexibility index (Phi) is 4.08. The molecule has 2 aliphatic heterocycles. The number of halogens is 1. The number of nitrogens with zero attached hydrogens (tertiary/aromatic N) is 4. The van der Waals surface area contributed by atoms with Crippen molar-refractivity contribution >= 4 is 29.1 Å². The molecule has 0 N–H and O–H groups in total. The van der Waals surface area contributed by atoms with Crippen LogP contribution in [0, 0.1) is 0 Å². The van der Waals surface area contributed by atoms with Gasteiger partial charge in [0, 0.05) is 0 Å². The second-order valence-electron chi connectivity index (χ2n) is 6.00. The summed E-state index contributed by atoms with van der Waals surface area (Å²) in [5.74, 6) is -0.0348. The number of hydrogen-bond acceptors (Lipinski definition) is 6. The molecule has 0 spiro atoms. The molecule has 2 amide bonds. The van der Waals surface area contributed by atoms with Crippen LogP contribution in [0.3, 0.4) is 0 Å². The van der Waals surface area contributed by atoms with E-state index in [1.807, 2.05) is 24.3 Å². The molecule has 2 atom stereocenters. The van der Waals surface area contributed by atoms with Crippen molar-refractivity contribution in [2.45, 2.75) is 18.6 Å². The van der Waals surface area contributed by atoms with Crippen LogP contribution in [-0.2, 0) is 16.1 Å². The fourth-order valence-corrected chi connectivity index (χ4v) is 3.36. The first-order valence-corrected chi connectivity index (χ1v) is 8.40. The molecule has 2 aromatic rings. The highest BCUT2D eigenvalue weighted by atomic mass is 35.5. The molecule has 0 radical (unpaired) electrons. The molecule has 26 heavy (non-hydrogen) atoms. The normalized spacial score (nSPS) is 21.5. The highest BCUT2D eigenvalue weighted by Crippen LogP contribution is 2.35. The predicted molar refractivity (Wildman–Crippen MR) is 94.9 cm³/mol. The van der Waals surface area contributed by atoms with Crippen LogP contribution in [0.1, 0.15) is 5.56 Å². The predicted octanol–water partition coefficient (Wildman–Crippen LogP) is 2.84. The van der Waals surface area contributed by atoms with Crippen molar-refractivity contribution in [2.24, 2.45) is 10.3 Å². The Morgan fingerprint density at radius 2 is 1.81 bits per heavy atom. The minimum atomic E-state index is -0.836. The lowest BCUT2D eigenvalue weighted by Gasteiger charge is -2.21. The van der Waals surface area contributed by atoms with Gasteiger partial charge in [0.1, 0.15) is 5.75 Å². The van der Waals surface area contributed by atoms with Crippen LogP contribution in [0.2, 0.25) is 5.02 Å². The molecule has 1 fully saturated rings. The van der Waals surface area contributed by atoms with Crippen LogP contribution >= 0.6 is 11.6 Å². The SMILES string of the molecule is COc1ccc(CN2N=N[C@H]3C(=O)N(c4ccccc4Cl)C(=O)[C@@H]32)cc1. The Bertz CT molecular complexity index is 900. The van der Waals surface area contributed by atoms with Crippen LogP contribution in [0.5, 0.6) is 5.75 Å². The molecule has 0 aliphatic carbocycles. The van der Waals surface area contributed by atoms with E-state index >= 15 is 0 Å². The van der Waals surface area contributed by atoms with Gasteiger partial charge in [-0.3, -0.25) is 14.6 Å². The topological polar surface area (TPSA) is 74.6 Å². The van der Waals surface area contributed by atoms with Gasteiger partial charge in [0.25, 0.3) is 11.8 Å². The zero-order chi connectivity index (χ0) is 18.3. The van der Waals surface area contributed by atoms with Crippen molar-refractivity contribution in [3.63, 3.8) is 0 Å². The average molecular weight is 371 g/mol. The first-order chi connectivity index (χ1) is 12.6. The Hall–Kier alpha value is -2.93. The van der Waals surface area contributed by atoms with Crippen molar-refractivity contribution in [3.05, 3.63) is 59.1 Å². The third-order valence-electron chi connectivity index (χ3n) is 4.45. The van der Waals surface area contributed by atoms with E-state index < -0.39 is 18.0 Å². The van der Waals surface area contributed by atoms with Gasteiger partial charge in [-0.1, -0.05) is 41.1 Å². The maximum atomic E-state index is 12.9. The molecule has 1 saturated heterocycles. The third kappa shape index (κ3) is 2.61. The van der Waals surface area contributed by atoms with Crippen molar-refractivity contribution in [1.29, 1.82) is 0 Å². The Morgan fingerprint density at radius 1 is 1.08 bits per heavy atom. The second-order valence-corrected chi connectivity index (χ2v) is 6.41. The summed E-state index contributed by atoms with van der Waals surface area (Å²) in [6, 6.07) is 12.6. The van der Waals surface area contributed by atoms with E-state index in [0.717, 1.165) is 16.2 Å². The summed E-state index contributed by atoms with van der Waals surface area (Å²) in [5.41, 5.74) is 1.31. The van der Waals surface area contributed by atoms with Gasteiger partial charge in [0.2, 0.25) is 0 Å². The van der Waals surface area contributed by atoms with E-state index in [9.17, 15) is 9.59 Å². The van der Waals surface area contributed by atoms with E-state index in [1.165, 1.54) is 0 Å². The first kappa shape index (κ1) is 16.5. The fourth-order valence-electron chi connectivity index (χ4n) is 3.14. The minimum absolute atomic E-state index is 0.341. The van der Waals surface area contributed by atoms with Crippen LogP contribution in [-0.4, -0.2) is 36.0 Å². The highest BCUT2D eigenvalue weighted by Gasteiger charge is 2.55. The summed E-state index contributed by atoms with van der Waals surface area (Å²) in [7, 11) is 1.60. The number of anilines is 1. The molecular weight excluding hydrogens is 356 g/mol. The van der Waals surface area contributed by atoms with Gasteiger partial charge in [-0.15, -0.1) is 0 Å². The summed E-state index contributed by atoms with van der Waals surface area (Å²) in [6.45, 7) is 0.365. The van der Waals surface area contributed by atoms with E-state index in [0.29, 0.717) is 17.3 Å². The molecule has 0 bridgehead atoms. The molecule has 2 aliphatic rings. The van der Waals surface area contributed by atoms with Gasteiger partial charge in [-0.25, -0.2) is 4.90 Å². The number of methoxy groups -OCH3 is 1. The van der Waals surface area contributed by atoms with Crippen LogP contribution in [0.4, 0.5) is 5.69 Å². The maximum absolute atomic E-state index is 12.9. The molecule has 0 unspecified atom stereocenters. The monoisotopic (exact) mass is 370 g/mol. The molecule has 2 aromatic carbocycles. The number of carbonyl (C=O) groups is 2. The molecule has 2 heterocycles. The van der Waals surface area contributed by atoms with Crippen LogP contribution in [0.15, 0.2) is 58.9 Å². The van der Waals surface area contributed by atoms with Crippen molar-refractivity contribution < 1.29 is 14.3 Å². The van der Waals surface area contributed by atoms with Gasteiger partial charge in [0.05, 0.1) is 24.4 Å². The fraction of sp³-hybridized carbons (Fsp3) is 0.222. The molecule has 8 heteroatoms. The quantitative estimate of drug-likeness (QED) is 0.775. The van der Waals surface area contributed by atoms with Crippen LogP contribution in [0.25, 0.3) is 0 Å². The molecule has 7 nitrogen and oxygen atoms in total. The van der Waals surface area contributed by atoms with Crippen molar-refractivity contribution in [1.82, 2.24) is 5.01 Å². The first-order valence-electron chi connectivity index (χ1n) is 8.03. The number of carbonyl (C=O) groups excluding carboxylic acids is 2. The van der Waals surface area contributed by atoms with Crippen molar-refractivity contribution in [3.8, 4) is 5.75 Å². The smallest absolute Gasteiger partial charge is 0.263 e. The average Bonchev–Trinajstić information content (AvgIpc) is 3.17. The molecule has 4 rings (SSSR count). The third-order valence-corrected chi connectivity index (χ3v) is 4.77. The molecule has 132 valence electrons. The van der Waals surface area contributed by atoms with E-state index in [1.54, 1.807) is 36.4 Å². The van der Waals surface area contributed by atoms with E-state index in [-0.39, 0.29) is 5.91 Å². The lowest BCUT2D eigenvalue weighted by atomic mass is 10.1. The number of para-hydroxylation sites is 1. The number of rotatable bonds is 4. The van der Waals surface area contributed by atoms with Gasteiger partial charge in [-0.2, -0.15) is 5.11 Å². The number of benzene rings is 2. The summed E-state index contributed by atoms with van der Waals surface area (Å²) < 4.78 is 5.14. The van der Waals surface area contributed by atoms with E-state index in [2.05, 4.69) is 10.3 Å². The number of hydrogen-bond donors (Lipinski definition) is 0. The lowest BCUT2D eigenvalue weighted by molar-refractivity contribution is -0.123. The van der Waals surface area contributed by atoms with Crippen LogP contribution < -0.4 is 9.64 Å². The Labute approximate surface area is 154 Å². The minimum Gasteiger partial charge on any atom is -0.497 e. The van der Waals surface area contributed by atoms with E-state index in [4.69, 9.17) is 16.3 Å². The number of fused-ring (bicyclic) bond motifs is 1. The maximum Gasteiger partial charge on any atom is 0.263 e. The molecule has 0 saturated carbocycles. The summed E-state index contributed by atoms with van der Waals surface area (Å²) in [6.07, 6.45) is 0. The van der Waals surface area contributed by atoms with Gasteiger partial charge in [0.15, 0.2) is 12.1 Å². The number of ether oxygens (including phenoxy) is 1. The number of amides is 2. The zero-order valence-corrected chi connectivity index (χ0v) is 14.6. The van der Waals surface area contributed by atoms with Crippen molar-refractivity contribution in [2.75, 3.05) is 12.0 Å². The summed E-state index contributed by atoms with van der Waals surface area (Å²) >= 11 is 6.16. The Balaban J connectivity index is 1.59. The summed E-state index contributed by atoms with van der Waals surface area (Å²) in [5, 5.41) is 9.94. The highest BCUT2D eigenvalue weighted by molar-refractivity contribution is 6.36. The standard InChI is InChI=1S/C18H15ClN4O3/c1-26-12-8-6-11(7-9-12)10-22-16-15(20-21-22)17(24)23(18(16)25)14-5-3-2-4-13(14)19/h2-9,15-16H,10H2,1H3/t15-,16-/m1/s1. The second kappa shape index (κ2) is 6.42. The zero-order valence-electron chi connectivity index (χ0n) is 13.9. The lowest BCUT2D eigenvalue weighted by Crippen LogP contribution is -2.39. The van der Waals surface area contributed by atoms with Gasteiger partial charge >= 0.3 is 0 Å².